The second kappa shape index (κ2) is 10.4. The van der Waals surface area contributed by atoms with E-state index in [1.807, 2.05) is 78.7 Å². The summed E-state index contributed by atoms with van der Waals surface area (Å²) in [6, 6.07) is 19.5. The van der Waals surface area contributed by atoms with Crippen LogP contribution in [0, 0.1) is 6.92 Å². The van der Waals surface area contributed by atoms with Gasteiger partial charge in [-0.05, 0) is 31.2 Å². The van der Waals surface area contributed by atoms with Gasteiger partial charge in [-0.3, -0.25) is 4.79 Å². The number of anilines is 1. The van der Waals surface area contributed by atoms with Gasteiger partial charge in [-0.25, -0.2) is 14.6 Å². The van der Waals surface area contributed by atoms with Gasteiger partial charge in [0.1, 0.15) is 23.1 Å². The summed E-state index contributed by atoms with van der Waals surface area (Å²) in [5, 5.41) is 4.84. The smallest absolute Gasteiger partial charge is 0.257 e. The molecule has 8 heteroatoms. The summed E-state index contributed by atoms with van der Waals surface area (Å²) in [4.78, 5) is 27.4. The van der Waals surface area contributed by atoms with E-state index in [4.69, 9.17) is 14.8 Å². The molecule has 0 spiro atoms. The Balaban J connectivity index is 1.43. The summed E-state index contributed by atoms with van der Waals surface area (Å²) >= 11 is 0. The van der Waals surface area contributed by atoms with E-state index < -0.39 is 0 Å². The Labute approximate surface area is 217 Å². The highest BCUT2D eigenvalue weighted by molar-refractivity contribution is 6.00. The molecule has 37 heavy (non-hydrogen) atoms. The highest BCUT2D eigenvalue weighted by atomic mass is 16.5. The molecule has 8 nitrogen and oxygen atoms in total. The number of nitrogens with zero attached hydrogens (tertiary/aromatic N) is 6. The van der Waals surface area contributed by atoms with E-state index in [1.165, 1.54) is 0 Å². The number of benzene rings is 2. The van der Waals surface area contributed by atoms with Crippen LogP contribution in [-0.2, 0) is 0 Å². The summed E-state index contributed by atoms with van der Waals surface area (Å²) in [6.07, 6.45) is 1.83. The lowest BCUT2D eigenvalue weighted by Crippen LogP contribution is -2.49. The number of carbonyl (C=O) groups is 1. The van der Waals surface area contributed by atoms with E-state index >= 15 is 0 Å². The Morgan fingerprint density at radius 3 is 2.35 bits per heavy atom. The minimum absolute atomic E-state index is 0.0375. The summed E-state index contributed by atoms with van der Waals surface area (Å²) in [5.41, 5.74) is 3.81. The van der Waals surface area contributed by atoms with Crippen molar-refractivity contribution in [2.24, 2.45) is 0 Å². The SMILES string of the molecule is COc1ccccc1-c1nn(-c2ccccc2)cc1C(=O)N1CCN(c2cc(C)nc(C(C)C)n2)CC1. The van der Waals surface area contributed by atoms with Crippen molar-refractivity contribution in [3.63, 3.8) is 0 Å². The molecule has 0 radical (unpaired) electrons. The van der Waals surface area contributed by atoms with Crippen molar-refractivity contribution in [2.75, 3.05) is 38.2 Å². The van der Waals surface area contributed by atoms with Crippen molar-refractivity contribution < 1.29 is 9.53 Å². The number of aryl methyl sites for hydroxylation is 1. The van der Waals surface area contributed by atoms with Gasteiger partial charge >= 0.3 is 0 Å². The number of rotatable bonds is 6. The standard InChI is InChI=1S/C29H32N6O2/c1-20(2)28-30-21(3)18-26(31-28)33-14-16-34(17-15-33)29(36)24-19-35(22-10-6-5-7-11-22)32-27(24)23-12-8-9-13-25(23)37-4/h5-13,18-20H,14-17H2,1-4H3. The number of para-hydroxylation sites is 2. The van der Waals surface area contributed by atoms with Crippen molar-refractivity contribution in [1.29, 1.82) is 0 Å². The normalized spacial score (nSPS) is 13.8. The molecule has 1 fully saturated rings. The van der Waals surface area contributed by atoms with Gasteiger partial charge in [0, 0.05) is 55.6 Å². The summed E-state index contributed by atoms with van der Waals surface area (Å²) in [6.45, 7) is 8.81. The van der Waals surface area contributed by atoms with Gasteiger partial charge in [-0.15, -0.1) is 0 Å². The summed E-state index contributed by atoms with van der Waals surface area (Å²) in [5.74, 6) is 2.68. The molecule has 3 heterocycles. The fourth-order valence-electron chi connectivity index (χ4n) is 4.59. The number of methoxy groups -OCH3 is 1. The molecule has 1 aliphatic heterocycles. The number of piperazine rings is 1. The van der Waals surface area contributed by atoms with Crippen LogP contribution in [0.1, 0.15) is 41.6 Å². The maximum Gasteiger partial charge on any atom is 0.257 e. The molecule has 0 saturated carbocycles. The lowest BCUT2D eigenvalue weighted by atomic mass is 10.1. The third kappa shape index (κ3) is 5.05. The first-order valence-electron chi connectivity index (χ1n) is 12.6. The Morgan fingerprint density at radius 2 is 1.65 bits per heavy atom. The van der Waals surface area contributed by atoms with Crippen molar-refractivity contribution >= 4 is 11.7 Å². The molecule has 1 saturated heterocycles. The number of carbonyl (C=O) groups excluding carboxylic acids is 1. The van der Waals surface area contributed by atoms with Crippen LogP contribution in [0.3, 0.4) is 0 Å². The largest absolute Gasteiger partial charge is 0.496 e. The predicted octanol–water partition coefficient (Wildman–Crippen LogP) is 4.73. The fraction of sp³-hybridized carbons (Fsp3) is 0.310. The molecule has 4 aromatic rings. The molecular formula is C29H32N6O2. The first-order valence-corrected chi connectivity index (χ1v) is 12.6. The Morgan fingerprint density at radius 1 is 0.946 bits per heavy atom. The van der Waals surface area contributed by atoms with Crippen LogP contribution in [0.5, 0.6) is 5.75 Å². The second-order valence-corrected chi connectivity index (χ2v) is 9.53. The Kier molecular flexibility index (Phi) is 6.90. The van der Waals surface area contributed by atoms with Crippen LogP contribution in [0.15, 0.2) is 66.9 Å². The van der Waals surface area contributed by atoms with Crippen LogP contribution in [0.25, 0.3) is 16.9 Å². The van der Waals surface area contributed by atoms with Gasteiger partial charge in [-0.1, -0.05) is 44.2 Å². The topological polar surface area (TPSA) is 76.4 Å². The van der Waals surface area contributed by atoms with Crippen LogP contribution in [-0.4, -0.2) is 63.8 Å². The zero-order valence-corrected chi connectivity index (χ0v) is 21.8. The molecule has 2 aromatic carbocycles. The molecule has 1 aliphatic rings. The highest BCUT2D eigenvalue weighted by Gasteiger charge is 2.28. The summed E-state index contributed by atoms with van der Waals surface area (Å²) < 4.78 is 7.37. The first kappa shape index (κ1) is 24.5. The van der Waals surface area contributed by atoms with Gasteiger partial charge in [0.05, 0.1) is 18.4 Å². The fourth-order valence-corrected chi connectivity index (χ4v) is 4.59. The van der Waals surface area contributed by atoms with Crippen LogP contribution in [0.2, 0.25) is 0 Å². The minimum atomic E-state index is -0.0375. The van der Waals surface area contributed by atoms with Crippen molar-refractivity contribution in [2.45, 2.75) is 26.7 Å². The van der Waals surface area contributed by atoms with Crippen LogP contribution >= 0.6 is 0 Å². The van der Waals surface area contributed by atoms with Gasteiger partial charge in [-0.2, -0.15) is 5.10 Å². The number of ether oxygens (including phenoxy) is 1. The maximum absolute atomic E-state index is 13.9. The number of hydrogen-bond acceptors (Lipinski definition) is 6. The lowest BCUT2D eigenvalue weighted by molar-refractivity contribution is 0.0747. The van der Waals surface area contributed by atoms with Crippen molar-refractivity contribution in [3.05, 3.63) is 83.9 Å². The van der Waals surface area contributed by atoms with E-state index in [1.54, 1.807) is 11.8 Å². The monoisotopic (exact) mass is 496 g/mol. The number of hydrogen-bond donors (Lipinski definition) is 0. The molecular weight excluding hydrogens is 464 g/mol. The molecule has 0 unspecified atom stereocenters. The third-order valence-corrected chi connectivity index (χ3v) is 6.59. The van der Waals surface area contributed by atoms with E-state index in [2.05, 4.69) is 23.7 Å². The first-order chi connectivity index (χ1) is 17.9. The Hall–Kier alpha value is -4.20. The van der Waals surface area contributed by atoms with Crippen LogP contribution in [0.4, 0.5) is 5.82 Å². The average molecular weight is 497 g/mol. The average Bonchev–Trinajstić information content (AvgIpc) is 3.38. The Bertz CT molecular complexity index is 1390. The van der Waals surface area contributed by atoms with Gasteiger partial charge in [0.15, 0.2) is 0 Å². The number of amides is 1. The van der Waals surface area contributed by atoms with Crippen molar-refractivity contribution in [3.8, 4) is 22.7 Å². The molecule has 0 bridgehead atoms. The number of aromatic nitrogens is 4. The zero-order valence-electron chi connectivity index (χ0n) is 21.8. The van der Waals surface area contributed by atoms with E-state index in [-0.39, 0.29) is 11.8 Å². The van der Waals surface area contributed by atoms with E-state index in [0.717, 1.165) is 28.6 Å². The van der Waals surface area contributed by atoms with Crippen LogP contribution < -0.4 is 9.64 Å². The molecule has 0 aliphatic carbocycles. The molecule has 2 aromatic heterocycles. The minimum Gasteiger partial charge on any atom is -0.496 e. The molecule has 0 atom stereocenters. The molecule has 190 valence electrons. The van der Waals surface area contributed by atoms with Gasteiger partial charge in [0.25, 0.3) is 5.91 Å². The molecule has 1 amide bonds. The van der Waals surface area contributed by atoms with Gasteiger partial charge in [0.2, 0.25) is 0 Å². The maximum atomic E-state index is 13.9. The third-order valence-electron chi connectivity index (χ3n) is 6.59. The second-order valence-electron chi connectivity index (χ2n) is 9.53. The van der Waals surface area contributed by atoms with E-state index in [9.17, 15) is 4.79 Å². The van der Waals surface area contributed by atoms with Gasteiger partial charge < -0.3 is 14.5 Å². The van der Waals surface area contributed by atoms with E-state index in [0.29, 0.717) is 43.2 Å². The predicted molar refractivity (Wildman–Crippen MR) is 145 cm³/mol. The lowest BCUT2D eigenvalue weighted by Gasteiger charge is -2.35. The molecule has 5 rings (SSSR count). The summed E-state index contributed by atoms with van der Waals surface area (Å²) in [7, 11) is 1.63. The quantitative estimate of drug-likeness (QED) is 0.384. The highest BCUT2D eigenvalue weighted by Crippen LogP contribution is 2.32. The van der Waals surface area contributed by atoms with Crippen molar-refractivity contribution in [1.82, 2.24) is 24.6 Å². The zero-order chi connectivity index (χ0) is 25.9. The molecule has 0 N–H and O–H groups in total.